The largest absolute Gasteiger partial charge is 0.344 e. The second-order valence-electron chi connectivity index (χ2n) is 3.00. The van der Waals surface area contributed by atoms with E-state index in [1.54, 1.807) is 0 Å². The summed E-state index contributed by atoms with van der Waals surface area (Å²) in [5.41, 5.74) is 0. The number of nitrogens with one attached hydrogen (secondary N) is 1. The van der Waals surface area contributed by atoms with Crippen molar-refractivity contribution in [3.8, 4) is 0 Å². The second-order valence-corrected chi connectivity index (χ2v) is 3.00. The fourth-order valence-electron chi connectivity index (χ4n) is 1.58. The molecule has 62 valence electrons. The van der Waals surface area contributed by atoms with E-state index in [1.807, 2.05) is 0 Å². The third-order valence-electron chi connectivity index (χ3n) is 2.10. The highest BCUT2D eigenvalue weighted by molar-refractivity contribution is 4.67. The minimum atomic E-state index is 0. The lowest BCUT2D eigenvalue weighted by Crippen LogP contribution is -2.29. The van der Waals surface area contributed by atoms with Crippen LogP contribution in [0.4, 0.5) is 0 Å². The molecule has 4 N–H and O–H groups in total. The molecule has 2 nitrogen and oxygen atoms in total. The van der Waals surface area contributed by atoms with E-state index < -0.39 is 0 Å². The highest BCUT2D eigenvalue weighted by Gasteiger charge is 2.10. The fraction of sp³-hybridized carbons (Fsp3) is 1.00. The van der Waals surface area contributed by atoms with Crippen LogP contribution in [0, 0.1) is 5.92 Å². The van der Waals surface area contributed by atoms with Crippen LogP contribution in [0.1, 0.15) is 32.6 Å². The highest BCUT2D eigenvalue weighted by Crippen LogP contribution is 2.14. The number of hydrogen-bond acceptors (Lipinski definition) is 2. The third-order valence-corrected chi connectivity index (χ3v) is 2.10. The van der Waals surface area contributed by atoms with E-state index in [1.165, 1.54) is 38.8 Å². The van der Waals surface area contributed by atoms with Gasteiger partial charge < -0.3 is 11.5 Å². The van der Waals surface area contributed by atoms with Crippen molar-refractivity contribution in [3.05, 3.63) is 0 Å². The van der Waals surface area contributed by atoms with Crippen LogP contribution >= 0.6 is 0 Å². The van der Waals surface area contributed by atoms with E-state index in [0.29, 0.717) is 0 Å². The lowest BCUT2D eigenvalue weighted by Gasteiger charge is -2.21. The topological polar surface area (TPSA) is 47.0 Å². The summed E-state index contributed by atoms with van der Waals surface area (Å²) < 4.78 is 0. The maximum absolute atomic E-state index is 3.42. The quantitative estimate of drug-likeness (QED) is 0.622. The highest BCUT2D eigenvalue weighted by atomic mass is 14.9. The Bertz CT molecular complexity index is 64.9. The monoisotopic (exact) mass is 144 g/mol. The first kappa shape index (κ1) is 9.92. The molecule has 1 fully saturated rings. The Kier molecular flexibility index (Phi) is 5.64. The average Bonchev–Trinajstić information content (AvgIpc) is 1.91. The molecule has 1 rings (SSSR count). The van der Waals surface area contributed by atoms with Crippen molar-refractivity contribution in [1.82, 2.24) is 11.5 Å². The molecule has 1 aliphatic rings. The Labute approximate surface area is 64.0 Å². The summed E-state index contributed by atoms with van der Waals surface area (Å²) in [5, 5.41) is 3.42. The standard InChI is InChI=1S/C8H17N.H3N/c1-2-4-8-5-3-6-9-7-8;/h8-9H,2-7H2,1H3;1H3. The van der Waals surface area contributed by atoms with E-state index in [9.17, 15) is 0 Å². The van der Waals surface area contributed by atoms with E-state index in [2.05, 4.69) is 12.2 Å². The molecule has 0 saturated carbocycles. The molecule has 1 saturated heterocycles. The lowest BCUT2D eigenvalue weighted by molar-refractivity contribution is 0.355. The molecule has 10 heavy (non-hydrogen) atoms. The Hall–Kier alpha value is -0.0800. The summed E-state index contributed by atoms with van der Waals surface area (Å²) in [6.45, 7) is 4.79. The van der Waals surface area contributed by atoms with Gasteiger partial charge in [0.25, 0.3) is 0 Å². The number of hydrogen-bond donors (Lipinski definition) is 2. The summed E-state index contributed by atoms with van der Waals surface area (Å²) in [7, 11) is 0. The van der Waals surface area contributed by atoms with E-state index in [-0.39, 0.29) is 6.15 Å². The molecule has 0 aliphatic carbocycles. The van der Waals surface area contributed by atoms with Gasteiger partial charge in [0.15, 0.2) is 0 Å². The number of piperidine rings is 1. The van der Waals surface area contributed by atoms with Crippen molar-refractivity contribution in [2.45, 2.75) is 32.6 Å². The summed E-state index contributed by atoms with van der Waals surface area (Å²) in [4.78, 5) is 0. The van der Waals surface area contributed by atoms with Crippen LogP contribution < -0.4 is 11.5 Å². The van der Waals surface area contributed by atoms with Gasteiger partial charge in [-0.3, -0.25) is 0 Å². The Morgan fingerprint density at radius 3 is 2.80 bits per heavy atom. The smallest absolute Gasteiger partial charge is 0.00205 e. The second kappa shape index (κ2) is 5.69. The van der Waals surface area contributed by atoms with E-state index in [4.69, 9.17) is 0 Å². The van der Waals surface area contributed by atoms with Gasteiger partial charge in [0.05, 0.1) is 0 Å². The lowest BCUT2D eigenvalue weighted by atomic mass is 9.95. The average molecular weight is 144 g/mol. The molecule has 1 unspecified atom stereocenters. The van der Waals surface area contributed by atoms with Crippen LogP contribution in [0.5, 0.6) is 0 Å². The maximum atomic E-state index is 3.42. The van der Waals surface area contributed by atoms with Gasteiger partial charge in [0.1, 0.15) is 0 Å². The first-order valence-corrected chi connectivity index (χ1v) is 4.14. The minimum Gasteiger partial charge on any atom is -0.344 e. The zero-order valence-electron chi connectivity index (χ0n) is 7.03. The van der Waals surface area contributed by atoms with Crippen molar-refractivity contribution in [2.75, 3.05) is 13.1 Å². The SMILES string of the molecule is CCCC1CCCNC1.N. The normalized spacial score (nSPS) is 25.5. The van der Waals surface area contributed by atoms with Gasteiger partial charge in [0.2, 0.25) is 0 Å². The van der Waals surface area contributed by atoms with Crippen molar-refractivity contribution in [1.29, 1.82) is 0 Å². The molecule has 1 heterocycles. The van der Waals surface area contributed by atoms with Crippen molar-refractivity contribution < 1.29 is 0 Å². The van der Waals surface area contributed by atoms with Crippen LogP contribution in [-0.2, 0) is 0 Å². The van der Waals surface area contributed by atoms with Crippen molar-refractivity contribution in [3.63, 3.8) is 0 Å². The van der Waals surface area contributed by atoms with Gasteiger partial charge in [-0.2, -0.15) is 0 Å². The van der Waals surface area contributed by atoms with Crippen LogP contribution in [0.25, 0.3) is 0 Å². The Morgan fingerprint density at radius 2 is 2.30 bits per heavy atom. The molecule has 2 heteroatoms. The zero-order valence-corrected chi connectivity index (χ0v) is 7.03. The molecule has 0 aromatic heterocycles. The third kappa shape index (κ3) is 3.18. The first-order valence-electron chi connectivity index (χ1n) is 4.14. The first-order chi connectivity index (χ1) is 4.43. The Balaban J connectivity index is 0.000000810. The summed E-state index contributed by atoms with van der Waals surface area (Å²) in [5.74, 6) is 0.990. The maximum Gasteiger partial charge on any atom is -0.00205 e. The van der Waals surface area contributed by atoms with Gasteiger partial charge in [0, 0.05) is 0 Å². The molecule has 1 aliphatic heterocycles. The van der Waals surface area contributed by atoms with Crippen molar-refractivity contribution >= 4 is 0 Å². The van der Waals surface area contributed by atoms with Gasteiger partial charge in [-0.05, 0) is 38.3 Å². The molecule has 0 spiro atoms. The molecule has 0 aromatic rings. The predicted molar refractivity (Wildman–Crippen MR) is 45.5 cm³/mol. The van der Waals surface area contributed by atoms with Crippen LogP contribution in [-0.4, -0.2) is 13.1 Å². The molecule has 0 radical (unpaired) electrons. The van der Waals surface area contributed by atoms with Crippen LogP contribution in [0.2, 0.25) is 0 Å². The Morgan fingerprint density at radius 1 is 1.50 bits per heavy atom. The van der Waals surface area contributed by atoms with E-state index in [0.717, 1.165) is 5.92 Å². The molecule has 1 atom stereocenters. The zero-order chi connectivity index (χ0) is 6.53. The molecule has 0 bridgehead atoms. The molecule has 0 amide bonds. The van der Waals surface area contributed by atoms with E-state index >= 15 is 0 Å². The van der Waals surface area contributed by atoms with Crippen LogP contribution in [0.15, 0.2) is 0 Å². The van der Waals surface area contributed by atoms with Crippen LogP contribution in [0.3, 0.4) is 0 Å². The summed E-state index contributed by atoms with van der Waals surface area (Å²) in [6.07, 6.45) is 5.63. The number of rotatable bonds is 2. The van der Waals surface area contributed by atoms with Gasteiger partial charge in [-0.1, -0.05) is 13.3 Å². The summed E-state index contributed by atoms with van der Waals surface area (Å²) in [6, 6.07) is 0. The summed E-state index contributed by atoms with van der Waals surface area (Å²) >= 11 is 0. The van der Waals surface area contributed by atoms with Gasteiger partial charge in [-0.25, -0.2) is 0 Å². The predicted octanol–water partition coefficient (Wildman–Crippen LogP) is 1.95. The van der Waals surface area contributed by atoms with Gasteiger partial charge >= 0.3 is 0 Å². The minimum absolute atomic E-state index is 0. The van der Waals surface area contributed by atoms with Crippen molar-refractivity contribution in [2.24, 2.45) is 5.92 Å². The van der Waals surface area contributed by atoms with Gasteiger partial charge in [-0.15, -0.1) is 0 Å². The molecular formula is C8H20N2. The molecule has 0 aromatic carbocycles. The molecular weight excluding hydrogens is 124 g/mol. The fourth-order valence-corrected chi connectivity index (χ4v) is 1.58.